The number of aromatic hydroxyl groups is 1. The normalized spacial score (nSPS) is 14.3. The number of carbonyl (C=O) groups is 2. The molecule has 0 aliphatic carbocycles. The maximum Gasteiger partial charge on any atom is 0.258 e. The van der Waals surface area contributed by atoms with Gasteiger partial charge in [-0.1, -0.05) is 0 Å². The predicted molar refractivity (Wildman–Crippen MR) is 80.4 cm³/mol. The van der Waals surface area contributed by atoms with Gasteiger partial charge in [0.15, 0.2) is 0 Å². The van der Waals surface area contributed by atoms with Gasteiger partial charge < -0.3 is 5.11 Å². The first-order valence-corrected chi connectivity index (χ1v) is 6.50. The van der Waals surface area contributed by atoms with Crippen molar-refractivity contribution in [1.29, 1.82) is 0 Å². The van der Waals surface area contributed by atoms with Crippen LogP contribution < -0.4 is 4.90 Å². The Bertz CT molecular complexity index is 759. The molecule has 3 rings (SSSR count). The van der Waals surface area contributed by atoms with E-state index in [1.54, 1.807) is 36.4 Å². The summed E-state index contributed by atoms with van der Waals surface area (Å²) < 4.78 is 0. The summed E-state index contributed by atoms with van der Waals surface area (Å²) in [6.45, 7) is 0. The molecular formula is C16H11N3O3. The van der Waals surface area contributed by atoms with Crippen LogP contribution >= 0.6 is 0 Å². The maximum absolute atomic E-state index is 11.6. The van der Waals surface area contributed by atoms with Crippen LogP contribution in [-0.2, 0) is 9.59 Å². The molecule has 0 atom stereocenters. The summed E-state index contributed by atoms with van der Waals surface area (Å²) in [4.78, 5) is 24.2. The molecule has 6 nitrogen and oxygen atoms in total. The molecule has 0 fully saturated rings. The number of carbonyl (C=O) groups excluding carboxylic acids is 2. The summed E-state index contributed by atoms with van der Waals surface area (Å²) in [7, 11) is 0. The monoisotopic (exact) mass is 293 g/mol. The van der Waals surface area contributed by atoms with Crippen LogP contribution in [0.1, 0.15) is 0 Å². The molecule has 0 spiro atoms. The van der Waals surface area contributed by atoms with Gasteiger partial charge in [0.2, 0.25) is 0 Å². The Balaban J connectivity index is 1.76. The molecule has 0 saturated heterocycles. The van der Waals surface area contributed by atoms with Crippen molar-refractivity contribution < 1.29 is 14.7 Å². The highest BCUT2D eigenvalue weighted by atomic mass is 16.3. The fraction of sp³-hybridized carbons (Fsp3) is 0. The van der Waals surface area contributed by atoms with Crippen molar-refractivity contribution in [3.05, 3.63) is 60.7 Å². The van der Waals surface area contributed by atoms with E-state index < -0.39 is 0 Å². The van der Waals surface area contributed by atoms with Crippen LogP contribution in [0.2, 0.25) is 0 Å². The number of hydrogen-bond acceptors (Lipinski definition) is 5. The number of anilines is 1. The molecule has 22 heavy (non-hydrogen) atoms. The average Bonchev–Trinajstić information content (AvgIpc) is 2.86. The van der Waals surface area contributed by atoms with Gasteiger partial charge in [-0.3, -0.25) is 9.59 Å². The van der Waals surface area contributed by atoms with Crippen LogP contribution in [0.3, 0.4) is 0 Å². The second-order valence-electron chi connectivity index (χ2n) is 4.58. The molecule has 1 aliphatic rings. The minimum absolute atomic E-state index is 0.164. The quantitative estimate of drug-likeness (QED) is 0.696. The number of hydrogen-bond donors (Lipinski definition) is 1. The zero-order valence-electron chi connectivity index (χ0n) is 11.4. The molecule has 1 N–H and O–H groups in total. The highest BCUT2D eigenvalue weighted by Gasteiger charge is 2.24. The zero-order chi connectivity index (χ0) is 15.5. The first-order chi connectivity index (χ1) is 10.6. The van der Waals surface area contributed by atoms with Gasteiger partial charge in [0.25, 0.3) is 11.8 Å². The summed E-state index contributed by atoms with van der Waals surface area (Å²) in [6.07, 6.45) is 2.47. The number of phenolic OH excluding ortho intramolecular Hbond substituents is 1. The van der Waals surface area contributed by atoms with Crippen molar-refractivity contribution in [2.24, 2.45) is 10.2 Å². The smallest absolute Gasteiger partial charge is 0.258 e. The Labute approximate surface area is 126 Å². The Kier molecular flexibility index (Phi) is 3.49. The van der Waals surface area contributed by atoms with Gasteiger partial charge in [-0.05, 0) is 48.5 Å². The standard InChI is InChI=1S/C16H11N3O3/c20-14-7-3-12(4-8-14)18-17-11-1-5-13(6-2-11)19-15(21)9-10-16(19)22/h1-10,20H. The van der Waals surface area contributed by atoms with Crippen molar-refractivity contribution >= 4 is 28.9 Å². The lowest BCUT2D eigenvalue weighted by Crippen LogP contribution is -2.29. The lowest BCUT2D eigenvalue weighted by Gasteiger charge is -2.13. The lowest BCUT2D eigenvalue weighted by atomic mass is 10.2. The highest BCUT2D eigenvalue weighted by molar-refractivity contribution is 6.28. The Morgan fingerprint density at radius 1 is 0.727 bits per heavy atom. The van der Waals surface area contributed by atoms with Crippen molar-refractivity contribution in [2.75, 3.05) is 4.90 Å². The van der Waals surface area contributed by atoms with Crippen LogP contribution in [0.4, 0.5) is 17.1 Å². The van der Waals surface area contributed by atoms with Crippen molar-refractivity contribution in [3.63, 3.8) is 0 Å². The number of nitrogens with zero attached hydrogens (tertiary/aromatic N) is 3. The molecule has 108 valence electrons. The third kappa shape index (κ3) is 2.76. The summed E-state index contributed by atoms with van der Waals surface area (Å²) in [6, 6.07) is 12.9. The van der Waals surface area contributed by atoms with E-state index in [-0.39, 0.29) is 17.6 Å². The number of phenols is 1. The SMILES string of the molecule is O=C1C=CC(=O)N1c1ccc(N=Nc2ccc(O)cc2)cc1. The summed E-state index contributed by atoms with van der Waals surface area (Å²) >= 11 is 0. The topological polar surface area (TPSA) is 82.3 Å². The molecule has 0 saturated carbocycles. The van der Waals surface area contributed by atoms with Crippen LogP contribution in [0.15, 0.2) is 70.9 Å². The molecule has 2 aromatic rings. The van der Waals surface area contributed by atoms with Crippen LogP contribution in [0.25, 0.3) is 0 Å². The third-order valence-electron chi connectivity index (χ3n) is 3.05. The molecule has 0 radical (unpaired) electrons. The molecule has 0 unspecified atom stereocenters. The van der Waals surface area contributed by atoms with E-state index in [0.29, 0.717) is 17.1 Å². The largest absolute Gasteiger partial charge is 0.508 e. The molecule has 2 amide bonds. The Hall–Kier alpha value is -3.28. The molecule has 1 heterocycles. The fourth-order valence-corrected chi connectivity index (χ4v) is 1.96. The number of imide groups is 1. The minimum Gasteiger partial charge on any atom is -0.508 e. The maximum atomic E-state index is 11.6. The van der Waals surface area contributed by atoms with E-state index in [9.17, 15) is 14.7 Å². The van der Waals surface area contributed by atoms with Gasteiger partial charge in [0.05, 0.1) is 17.1 Å². The van der Waals surface area contributed by atoms with Crippen LogP contribution in [0.5, 0.6) is 5.75 Å². The van der Waals surface area contributed by atoms with Gasteiger partial charge in [-0.25, -0.2) is 4.90 Å². The predicted octanol–water partition coefficient (Wildman–Crippen LogP) is 3.24. The van der Waals surface area contributed by atoms with E-state index in [0.717, 1.165) is 4.90 Å². The van der Waals surface area contributed by atoms with Gasteiger partial charge in [-0.15, -0.1) is 0 Å². The fourth-order valence-electron chi connectivity index (χ4n) is 1.96. The minimum atomic E-state index is -0.358. The van der Waals surface area contributed by atoms with E-state index in [1.807, 2.05) is 0 Å². The van der Waals surface area contributed by atoms with E-state index in [1.165, 1.54) is 24.3 Å². The first kappa shape index (κ1) is 13.7. The first-order valence-electron chi connectivity index (χ1n) is 6.50. The van der Waals surface area contributed by atoms with Gasteiger partial charge in [0, 0.05) is 12.2 Å². The summed E-state index contributed by atoms with van der Waals surface area (Å²) in [5, 5.41) is 17.3. The van der Waals surface area contributed by atoms with Crippen molar-refractivity contribution in [1.82, 2.24) is 0 Å². The second kappa shape index (κ2) is 5.61. The number of amides is 2. The number of benzene rings is 2. The van der Waals surface area contributed by atoms with Gasteiger partial charge >= 0.3 is 0 Å². The van der Waals surface area contributed by atoms with Gasteiger partial charge in [-0.2, -0.15) is 10.2 Å². The lowest BCUT2D eigenvalue weighted by molar-refractivity contribution is -0.119. The molecule has 6 heteroatoms. The Morgan fingerprint density at radius 3 is 1.68 bits per heavy atom. The van der Waals surface area contributed by atoms with Crippen molar-refractivity contribution in [2.45, 2.75) is 0 Å². The second-order valence-corrected chi connectivity index (χ2v) is 4.58. The zero-order valence-corrected chi connectivity index (χ0v) is 11.4. The highest BCUT2D eigenvalue weighted by Crippen LogP contribution is 2.24. The third-order valence-corrected chi connectivity index (χ3v) is 3.05. The molecule has 2 aromatic carbocycles. The molecule has 0 aromatic heterocycles. The summed E-state index contributed by atoms with van der Waals surface area (Å²) in [5.74, 6) is -0.552. The molecular weight excluding hydrogens is 282 g/mol. The van der Waals surface area contributed by atoms with E-state index in [2.05, 4.69) is 10.2 Å². The Morgan fingerprint density at radius 2 is 1.18 bits per heavy atom. The van der Waals surface area contributed by atoms with Gasteiger partial charge in [0.1, 0.15) is 5.75 Å². The number of azo groups is 1. The van der Waals surface area contributed by atoms with E-state index in [4.69, 9.17) is 0 Å². The van der Waals surface area contributed by atoms with Crippen molar-refractivity contribution in [3.8, 4) is 5.75 Å². The van der Waals surface area contributed by atoms with Crippen LogP contribution in [0, 0.1) is 0 Å². The van der Waals surface area contributed by atoms with Crippen LogP contribution in [-0.4, -0.2) is 16.9 Å². The summed E-state index contributed by atoms with van der Waals surface area (Å²) in [5.41, 5.74) is 1.68. The van der Waals surface area contributed by atoms with E-state index >= 15 is 0 Å². The average molecular weight is 293 g/mol. The molecule has 0 bridgehead atoms. The number of rotatable bonds is 3. The molecule has 1 aliphatic heterocycles.